The maximum absolute atomic E-state index is 13.0. The Morgan fingerprint density at radius 3 is 2.56 bits per heavy atom. The third-order valence-electron chi connectivity index (χ3n) is 6.92. The van der Waals surface area contributed by atoms with Crippen molar-refractivity contribution >= 4 is 34.9 Å². The quantitative estimate of drug-likeness (QED) is 0.265. The molecule has 8 nitrogen and oxygen atoms in total. The number of anilines is 1. The molecule has 0 bridgehead atoms. The number of thiocarbonyl (C=S) groups is 1. The summed E-state index contributed by atoms with van der Waals surface area (Å²) < 4.78 is 2.02. The van der Waals surface area contributed by atoms with Crippen LogP contribution in [0.5, 0.6) is 0 Å². The van der Waals surface area contributed by atoms with Gasteiger partial charge in [-0.05, 0) is 91.8 Å². The van der Waals surface area contributed by atoms with Gasteiger partial charge in [0, 0.05) is 42.4 Å². The molecule has 2 aromatic carbocycles. The Morgan fingerprint density at radius 2 is 1.85 bits per heavy atom. The number of amides is 1. The Hall–Kier alpha value is -4.50. The fourth-order valence-corrected chi connectivity index (χ4v) is 5.24. The van der Waals surface area contributed by atoms with Crippen LogP contribution in [-0.4, -0.2) is 43.1 Å². The number of rotatable bonds is 8. The summed E-state index contributed by atoms with van der Waals surface area (Å²) in [6.45, 7) is 4.37. The lowest BCUT2D eigenvalue weighted by Gasteiger charge is -2.29. The lowest BCUT2D eigenvalue weighted by Crippen LogP contribution is -2.33. The number of carboxylic acids is 1. The van der Waals surface area contributed by atoms with Crippen LogP contribution in [0.25, 0.3) is 5.69 Å². The van der Waals surface area contributed by atoms with Crippen molar-refractivity contribution in [2.45, 2.75) is 32.4 Å². The van der Waals surface area contributed by atoms with Gasteiger partial charge in [0.25, 0.3) is 0 Å². The summed E-state index contributed by atoms with van der Waals surface area (Å²) in [7, 11) is 0. The minimum atomic E-state index is -0.972. The third kappa shape index (κ3) is 5.53. The molecular formula is C30H29N5O3S. The monoisotopic (exact) mass is 539 g/mol. The molecule has 5 rings (SSSR count). The number of aryl methyl sites for hydroxylation is 2. The SMILES string of the molecule is Cc1ccc(C)c(NC(=O)CCN2C(=S)NC(c3ccccn3)C2c2cccn2-c2ccc(C(=O)O)cc2)c1. The molecule has 3 N–H and O–H groups in total. The summed E-state index contributed by atoms with van der Waals surface area (Å²) in [4.78, 5) is 31.0. The zero-order valence-electron chi connectivity index (χ0n) is 21.7. The van der Waals surface area contributed by atoms with E-state index < -0.39 is 5.97 Å². The van der Waals surface area contributed by atoms with Gasteiger partial charge in [-0.25, -0.2) is 4.79 Å². The maximum atomic E-state index is 13.0. The van der Waals surface area contributed by atoms with Crippen molar-refractivity contribution in [2.24, 2.45) is 0 Å². The summed E-state index contributed by atoms with van der Waals surface area (Å²) in [5, 5.41) is 16.3. The van der Waals surface area contributed by atoms with Crippen molar-refractivity contribution in [2.75, 3.05) is 11.9 Å². The van der Waals surface area contributed by atoms with Crippen LogP contribution in [-0.2, 0) is 4.79 Å². The van der Waals surface area contributed by atoms with Crippen molar-refractivity contribution in [3.05, 3.63) is 113 Å². The molecule has 9 heteroatoms. The predicted octanol–water partition coefficient (Wildman–Crippen LogP) is 5.19. The van der Waals surface area contributed by atoms with Crippen LogP contribution in [0.1, 0.15) is 51.4 Å². The highest BCUT2D eigenvalue weighted by atomic mass is 32.1. The van der Waals surface area contributed by atoms with Crippen molar-refractivity contribution in [3.63, 3.8) is 0 Å². The van der Waals surface area contributed by atoms with Crippen LogP contribution in [0.4, 0.5) is 5.69 Å². The van der Waals surface area contributed by atoms with E-state index in [1.165, 1.54) is 0 Å². The summed E-state index contributed by atoms with van der Waals surface area (Å²) in [5.74, 6) is -1.06. The van der Waals surface area contributed by atoms with Gasteiger partial charge in [0.15, 0.2) is 5.11 Å². The highest BCUT2D eigenvalue weighted by Gasteiger charge is 2.41. The van der Waals surface area contributed by atoms with E-state index in [1.807, 2.05) is 78.0 Å². The predicted molar refractivity (Wildman–Crippen MR) is 154 cm³/mol. The summed E-state index contributed by atoms with van der Waals surface area (Å²) >= 11 is 5.77. The molecule has 4 aromatic rings. The van der Waals surface area contributed by atoms with Gasteiger partial charge in [-0.15, -0.1) is 0 Å². The van der Waals surface area contributed by atoms with E-state index in [1.54, 1.807) is 30.5 Å². The van der Waals surface area contributed by atoms with Gasteiger partial charge in [-0.2, -0.15) is 0 Å². The van der Waals surface area contributed by atoms with Crippen molar-refractivity contribution in [3.8, 4) is 5.69 Å². The fraction of sp³-hybridized carbons (Fsp3) is 0.200. The first-order chi connectivity index (χ1) is 18.8. The molecule has 198 valence electrons. The van der Waals surface area contributed by atoms with Crippen LogP contribution < -0.4 is 10.6 Å². The highest BCUT2D eigenvalue weighted by molar-refractivity contribution is 7.80. The zero-order chi connectivity index (χ0) is 27.5. The fourth-order valence-electron chi connectivity index (χ4n) is 4.91. The van der Waals surface area contributed by atoms with Crippen LogP contribution in [0.15, 0.2) is 85.2 Å². The number of nitrogens with one attached hydrogen (secondary N) is 2. The number of carbonyl (C=O) groups excluding carboxylic acids is 1. The number of carbonyl (C=O) groups is 2. The molecule has 1 amide bonds. The molecule has 0 radical (unpaired) electrons. The molecular weight excluding hydrogens is 510 g/mol. The van der Waals surface area contributed by atoms with Gasteiger partial charge in [-0.1, -0.05) is 18.2 Å². The van der Waals surface area contributed by atoms with Gasteiger partial charge in [0.05, 0.1) is 23.3 Å². The minimum absolute atomic E-state index is 0.0915. The molecule has 0 spiro atoms. The topological polar surface area (TPSA) is 99.5 Å². The molecule has 1 fully saturated rings. The van der Waals surface area contributed by atoms with Gasteiger partial charge in [0.2, 0.25) is 5.91 Å². The van der Waals surface area contributed by atoms with Crippen LogP contribution >= 0.6 is 12.2 Å². The van der Waals surface area contributed by atoms with Crippen molar-refractivity contribution in [1.29, 1.82) is 0 Å². The molecule has 2 aromatic heterocycles. The number of hydrogen-bond donors (Lipinski definition) is 3. The van der Waals surface area contributed by atoms with Gasteiger partial charge >= 0.3 is 5.97 Å². The summed E-state index contributed by atoms with van der Waals surface area (Å²) in [5.41, 5.74) is 5.72. The number of pyridine rings is 1. The molecule has 0 aliphatic carbocycles. The minimum Gasteiger partial charge on any atom is -0.478 e. The number of benzene rings is 2. The number of aromatic nitrogens is 2. The summed E-state index contributed by atoms with van der Waals surface area (Å²) in [6.07, 6.45) is 3.93. The van der Waals surface area contributed by atoms with E-state index in [4.69, 9.17) is 12.2 Å². The summed E-state index contributed by atoms with van der Waals surface area (Å²) in [6, 6.07) is 22.0. The van der Waals surface area contributed by atoms with Crippen LogP contribution in [0, 0.1) is 13.8 Å². The molecule has 0 saturated carbocycles. The highest BCUT2D eigenvalue weighted by Crippen LogP contribution is 2.39. The average molecular weight is 540 g/mol. The molecule has 2 atom stereocenters. The third-order valence-corrected chi connectivity index (χ3v) is 7.27. The van der Waals surface area contributed by atoms with Gasteiger partial charge in [0.1, 0.15) is 0 Å². The first-order valence-electron chi connectivity index (χ1n) is 12.7. The lowest BCUT2D eigenvalue weighted by molar-refractivity contribution is -0.116. The Bertz CT molecular complexity index is 1520. The van der Waals surface area contributed by atoms with E-state index in [9.17, 15) is 14.7 Å². The normalized spacial score (nSPS) is 16.7. The Kier molecular flexibility index (Phi) is 7.42. The first-order valence-corrected chi connectivity index (χ1v) is 13.1. The van der Waals surface area contributed by atoms with E-state index in [0.717, 1.165) is 33.9 Å². The second-order valence-electron chi connectivity index (χ2n) is 9.59. The number of nitrogens with zero attached hydrogens (tertiary/aromatic N) is 3. The van der Waals surface area contributed by atoms with E-state index in [0.29, 0.717) is 11.7 Å². The van der Waals surface area contributed by atoms with Crippen molar-refractivity contribution < 1.29 is 14.7 Å². The molecule has 3 heterocycles. The van der Waals surface area contributed by atoms with E-state index >= 15 is 0 Å². The zero-order valence-corrected chi connectivity index (χ0v) is 22.5. The molecule has 1 aliphatic rings. The molecule has 2 unspecified atom stereocenters. The van der Waals surface area contributed by atoms with Gasteiger partial charge < -0.3 is 25.2 Å². The largest absolute Gasteiger partial charge is 0.478 e. The second-order valence-corrected chi connectivity index (χ2v) is 9.98. The standard InChI is InChI=1S/C30H29N5O3S/c1-19-8-9-20(2)24(18-19)32-26(36)14-17-35-28(27(33-30(35)39)23-6-3-4-15-31-23)25-7-5-16-34(25)22-12-10-21(11-13-22)29(37)38/h3-13,15-16,18,27-28H,14,17H2,1-2H3,(H,32,36)(H,33,39)(H,37,38). The average Bonchev–Trinajstić information content (AvgIpc) is 3.54. The van der Waals surface area contributed by atoms with Crippen LogP contribution in [0.3, 0.4) is 0 Å². The molecule has 1 saturated heterocycles. The second kappa shape index (κ2) is 11.1. The van der Waals surface area contributed by atoms with Crippen molar-refractivity contribution in [1.82, 2.24) is 19.8 Å². The maximum Gasteiger partial charge on any atom is 0.335 e. The van der Waals surface area contributed by atoms with E-state index in [-0.39, 0.29) is 30.0 Å². The molecule has 39 heavy (non-hydrogen) atoms. The Balaban J connectivity index is 1.44. The number of carboxylic acid groups (broad SMARTS) is 1. The lowest BCUT2D eigenvalue weighted by atomic mass is 10.0. The number of hydrogen-bond acceptors (Lipinski definition) is 4. The Labute approximate surface area is 232 Å². The smallest absolute Gasteiger partial charge is 0.335 e. The molecule has 1 aliphatic heterocycles. The van der Waals surface area contributed by atoms with Gasteiger partial charge in [-0.3, -0.25) is 9.78 Å². The first kappa shape index (κ1) is 26.1. The van der Waals surface area contributed by atoms with Crippen LogP contribution in [0.2, 0.25) is 0 Å². The number of aromatic carboxylic acids is 1. The van der Waals surface area contributed by atoms with E-state index in [2.05, 4.69) is 15.6 Å². The Morgan fingerprint density at radius 1 is 1.05 bits per heavy atom.